The number of rotatable bonds is 2. The van der Waals surface area contributed by atoms with E-state index in [0.29, 0.717) is 12.3 Å². The molecule has 0 amide bonds. The number of hydrogen-bond donors (Lipinski definition) is 0. The molecule has 1 saturated heterocycles. The molecule has 2 rings (SSSR count). The van der Waals surface area contributed by atoms with Crippen LogP contribution in [-0.4, -0.2) is 33.0 Å². The first kappa shape index (κ1) is 13.9. The van der Waals surface area contributed by atoms with Crippen molar-refractivity contribution in [2.45, 2.75) is 18.7 Å². The Morgan fingerprint density at radius 3 is 2.72 bits per heavy atom. The Balaban J connectivity index is 2.21. The number of benzene rings is 1. The summed E-state index contributed by atoms with van der Waals surface area (Å²) in [5.74, 6) is 0.592. The minimum absolute atomic E-state index is 0.270. The number of anilines is 1. The zero-order valence-corrected chi connectivity index (χ0v) is 12.9. The Morgan fingerprint density at radius 2 is 2.06 bits per heavy atom. The summed E-state index contributed by atoms with van der Waals surface area (Å²) in [6, 6.07) is 6.35. The van der Waals surface area contributed by atoms with E-state index in [1.807, 2.05) is 0 Å². The summed E-state index contributed by atoms with van der Waals surface area (Å²) in [6.07, 6.45) is 0.724. The molecule has 0 radical (unpaired) electrons. The van der Waals surface area contributed by atoms with Gasteiger partial charge in [-0.05, 0) is 30.5 Å². The van der Waals surface area contributed by atoms with Crippen LogP contribution in [0.2, 0.25) is 0 Å². The lowest BCUT2D eigenvalue weighted by atomic mass is 10.1. The zero-order chi connectivity index (χ0) is 13.2. The van der Waals surface area contributed by atoms with Gasteiger partial charge in [-0.3, -0.25) is 0 Å². The van der Waals surface area contributed by atoms with E-state index in [1.54, 1.807) is 0 Å². The Kier molecular flexibility index (Phi) is 4.33. The van der Waals surface area contributed by atoms with Crippen molar-refractivity contribution in [1.29, 1.82) is 0 Å². The summed E-state index contributed by atoms with van der Waals surface area (Å²) in [5, 5.41) is 0.850. The van der Waals surface area contributed by atoms with Gasteiger partial charge in [0.2, 0.25) is 0 Å². The van der Waals surface area contributed by atoms with Gasteiger partial charge in [0.1, 0.15) is 0 Å². The average Bonchev–Trinajstić information content (AvgIpc) is 2.50. The van der Waals surface area contributed by atoms with E-state index in [-0.39, 0.29) is 5.75 Å². The molecular formula is C13H18BrNO2S. The van der Waals surface area contributed by atoms with E-state index in [1.165, 1.54) is 11.1 Å². The van der Waals surface area contributed by atoms with Gasteiger partial charge in [-0.2, -0.15) is 0 Å². The molecule has 0 saturated carbocycles. The van der Waals surface area contributed by atoms with Gasteiger partial charge in [0, 0.05) is 24.1 Å². The standard InChI is InChI=1S/C13H18BrNO2S/c1-11-9-12(10-14)3-4-13(11)15-5-2-7-18(16,17)8-6-15/h3-4,9H,2,5-8,10H2,1H3. The van der Waals surface area contributed by atoms with Gasteiger partial charge in [0.15, 0.2) is 9.84 Å². The monoisotopic (exact) mass is 331 g/mol. The molecule has 100 valence electrons. The molecule has 1 aromatic carbocycles. The highest BCUT2D eigenvalue weighted by molar-refractivity contribution is 9.08. The van der Waals surface area contributed by atoms with Gasteiger partial charge in [-0.25, -0.2) is 8.42 Å². The SMILES string of the molecule is Cc1cc(CBr)ccc1N1CCCS(=O)(=O)CC1. The molecule has 3 nitrogen and oxygen atoms in total. The van der Waals surface area contributed by atoms with E-state index >= 15 is 0 Å². The van der Waals surface area contributed by atoms with Crippen LogP contribution < -0.4 is 4.90 Å². The zero-order valence-electron chi connectivity index (χ0n) is 10.5. The molecule has 0 spiro atoms. The van der Waals surface area contributed by atoms with Crippen LogP contribution in [0.15, 0.2) is 18.2 Å². The second-order valence-electron chi connectivity index (χ2n) is 4.75. The highest BCUT2D eigenvalue weighted by Crippen LogP contribution is 2.23. The van der Waals surface area contributed by atoms with Crippen molar-refractivity contribution in [2.75, 3.05) is 29.5 Å². The van der Waals surface area contributed by atoms with Crippen molar-refractivity contribution in [3.8, 4) is 0 Å². The largest absolute Gasteiger partial charge is 0.370 e. The van der Waals surface area contributed by atoms with E-state index in [9.17, 15) is 8.42 Å². The van der Waals surface area contributed by atoms with Crippen LogP contribution in [0.1, 0.15) is 17.5 Å². The van der Waals surface area contributed by atoms with E-state index < -0.39 is 9.84 Å². The molecular weight excluding hydrogens is 314 g/mol. The Bertz CT molecular complexity index is 528. The Labute approximate surface area is 117 Å². The third-order valence-corrected chi connectivity index (χ3v) is 5.67. The lowest BCUT2D eigenvalue weighted by molar-refractivity contribution is 0.597. The predicted molar refractivity (Wildman–Crippen MR) is 79.3 cm³/mol. The first-order valence-electron chi connectivity index (χ1n) is 6.13. The number of halogens is 1. The van der Waals surface area contributed by atoms with Crippen LogP contribution in [0.5, 0.6) is 0 Å². The highest BCUT2D eigenvalue weighted by Gasteiger charge is 2.20. The maximum Gasteiger partial charge on any atom is 0.152 e. The second kappa shape index (κ2) is 5.61. The predicted octanol–water partition coefficient (Wildman–Crippen LogP) is 2.51. The highest BCUT2D eigenvalue weighted by atomic mass is 79.9. The summed E-state index contributed by atoms with van der Waals surface area (Å²) in [6.45, 7) is 3.52. The summed E-state index contributed by atoms with van der Waals surface area (Å²) in [5.41, 5.74) is 3.63. The summed E-state index contributed by atoms with van der Waals surface area (Å²) < 4.78 is 23.2. The number of aryl methyl sites for hydroxylation is 1. The van der Waals surface area contributed by atoms with Crippen LogP contribution in [0, 0.1) is 6.92 Å². The summed E-state index contributed by atoms with van der Waals surface area (Å²) in [7, 11) is -2.83. The fraction of sp³-hybridized carbons (Fsp3) is 0.538. The molecule has 1 aliphatic rings. The Morgan fingerprint density at radius 1 is 1.28 bits per heavy atom. The molecule has 0 aromatic heterocycles. The minimum Gasteiger partial charge on any atom is -0.370 e. The van der Waals surface area contributed by atoms with Crippen LogP contribution in [-0.2, 0) is 15.2 Å². The first-order valence-corrected chi connectivity index (χ1v) is 9.07. The third kappa shape index (κ3) is 3.26. The van der Waals surface area contributed by atoms with Crippen LogP contribution in [0.25, 0.3) is 0 Å². The molecule has 0 atom stereocenters. The third-order valence-electron chi connectivity index (χ3n) is 3.31. The molecule has 5 heteroatoms. The van der Waals surface area contributed by atoms with Gasteiger partial charge < -0.3 is 4.90 Å². The molecule has 0 unspecified atom stereocenters. The second-order valence-corrected chi connectivity index (χ2v) is 7.61. The number of sulfone groups is 1. The molecule has 0 aliphatic carbocycles. The van der Waals surface area contributed by atoms with Crippen molar-refractivity contribution in [1.82, 2.24) is 0 Å². The van der Waals surface area contributed by atoms with Gasteiger partial charge in [0.05, 0.1) is 11.5 Å². The Hall–Kier alpha value is -0.550. The van der Waals surface area contributed by atoms with E-state index in [0.717, 1.165) is 24.0 Å². The normalized spacial score (nSPS) is 19.6. The first-order chi connectivity index (χ1) is 8.52. The molecule has 18 heavy (non-hydrogen) atoms. The average molecular weight is 332 g/mol. The number of nitrogens with zero attached hydrogens (tertiary/aromatic N) is 1. The van der Waals surface area contributed by atoms with Crippen molar-refractivity contribution >= 4 is 31.5 Å². The van der Waals surface area contributed by atoms with Gasteiger partial charge in [0.25, 0.3) is 0 Å². The summed E-state index contributed by atoms with van der Waals surface area (Å²) in [4.78, 5) is 2.19. The molecule has 1 heterocycles. The van der Waals surface area contributed by atoms with Crippen molar-refractivity contribution in [2.24, 2.45) is 0 Å². The van der Waals surface area contributed by atoms with Gasteiger partial charge >= 0.3 is 0 Å². The van der Waals surface area contributed by atoms with Gasteiger partial charge in [-0.15, -0.1) is 0 Å². The lowest BCUT2D eigenvalue weighted by Crippen LogP contribution is -2.27. The maximum absolute atomic E-state index is 11.6. The topological polar surface area (TPSA) is 37.4 Å². The van der Waals surface area contributed by atoms with Crippen molar-refractivity contribution in [3.63, 3.8) is 0 Å². The van der Waals surface area contributed by atoms with Crippen molar-refractivity contribution in [3.05, 3.63) is 29.3 Å². The number of alkyl halides is 1. The van der Waals surface area contributed by atoms with Gasteiger partial charge in [-0.1, -0.05) is 28.1 Å². The van der Waals surface area contributed by atoms with Crippen LogP contribution in [0.4, 0.5) is 5.69 Å². The fourth-order valence-corrected chi connectivity index (χ4v) is 3.96. The maximum atomic E-state index is 11.6. The summed E-state index contributed by atoms with van der Waals surface area (Å²) >= 11 is 3.45. The molecule has 0 N–H and O–H groups in total. The lowest BCUT2D eigenvalue weighted by Gasteiger charge is -2.24. The fourth-order valence-electron chi connectivity index (χ4n) is 2.33. The van der Waals surface area contributed by atoms with Crippen molar-refractivity contribution < 1.29 is 8.42 Å². The van der Waals surface area contributed by atoms with E-state index in [2.05, 4.69) is 46.0 Å². The quantitative estimate of drug-likeness (QED) is 0.781. The minimum atomic E-state index is -2.83. The molecule has 1 aliphatic heterocycles. The molecule has 1 aromatic rings. The molecule has 0 bridgehead atoms. The molecule has 1 fully saturated rings. The van der Waals surface area contributed by atoms with Crippen LogP contribution in [0.3, 0.4) is 0 Å². The van der Waals surface area contributed by atoms with Crippen LogP contribution >= 0.6 is 15.9 Å². The van der Waals surface area contributed by atoms with E-state index in [4.69, 9.17) is 0 Å². The number of hydrogen-bond acceptors (Lipinski definition) is 3. The smallest absolute Gasteiger partial charge is 0.152 e.